The van der Waals surface area contributed by atoms with Crippen molar-refractivity contribution in [1.29, 1.82) is 0 Å². The predicted molar refractivity (Wildman–Crippen MR) is 153 cm³/mol. The molecule has 3 aromatic heterocycles. The third-order valence-corrected chi connectivity index (χ3v) is 7.60. The summed E-state index contributed by atoms with van der Waals surface area (Å²) in [6, 6.07) is 30.1. The van der Waals surface area contributed by atoms with Crippen molar-refractivity contribution in [2.75, 3.05) is 5.75 Å². The topological polar surface area (TPSA) is 65.6 Å². The standard InChI is InChI=1S/C31H25N5OS/c1-21-11-6-8-16-25(21)36-30(23-14-10-18-32-19-23)33-34-31(36)38-20-27(37)28-24-15-7-9-17-26(24)35(2)29(28)22-12-4-3-5-13-22/h3-19H,20H2,1-2H3. The summed E-state index contributed by atoms with van der Waals surface area (Å²) < 4.78 is 4.13. The highest BCUT2D eigenvalue weighted by Gasteiger charge is 2.24. The summed E-state index contributed by atoms with van der Waals surface area (Å²) in [6.07, 6.45) is 3.52. The summed E-state index contributed by atoms with van der Waals surface area (Å²) in [4.78, 5) is 18.2. The minimum absolute atomic E-state index is 0.0490. The van der Waals surface area contributed by atoms with Gasteiger partial charge in [-0.2, -0.15) is 0 Å². The van der Waals surface area contributed by atoms with Gasteiger partial charge in [-0.25, -0.2) is 0 Å². The first-order valence-corrected chi connectivity index (χ1v) is 13.3. The van der Waals surface area contributed by atoms with Crippen LogP contribution in [0.4, 0.5) is 0 Å². The molecule has 0 aliphatic rings. The van der Waals surface area contributed by atoms with Crippen molar-refractivity contribution in [3.63, 3.8) is 0 Å². The number of rotatable bonds is 7. The molecular formula is C31H25N5OS. The highest BCUT2D eigenvalue weighted by atomic mass is 32.2. The Morgan fingerprint density at radius 2 is 1.58 bits per heavy atom. The maximum Gasteiger partial charge on any atom is 0.196 e. The van der Waals surface area contributed by atoms with E-state index in [4.69, 9.17) is 0 Å². The van der Waals surface area contributed by atoms with Gasteiger partial charge >= 0.3 is 0 Å². The number of aryl methyl sites for hydroxylation is 2. The molecule has 38 heavy (non-hydrogen) atoms. The molecule has 6 aromatic rings. The minimum Gasteiger partial charge on any atom is -0.343 e. The van der Waals surface area contributed by atoms with Crippen LogP contribution in [-0.4, -0.2) is 35.9 Å². The second kappa shape index (κ2) is 10.1. The molecule has 0 radical (unpaired) electrons. The number of ketones is 1. The number of Topliss-reactive ketones (excluding diaryl/α,β-unsaturated/α-hetero) is 1. The predicted octanol–water partition coefficient (Wildman–Crippen LogP) is 6.77. The average molecular weight is 516 g/mol. The lowest BCUT2D eigenvalue weighted by Crippen LogP contribution is -2.07. The van der Waals surface area contributed by atoms with Gasteiger partial charge in [0.25, 0.3) is 0 Å². The van der Waals surface area contributed by atoms with Crippen LogP contribution in [0.25, 0.3) is 39.2 Å². The molecule has 3 aromatic carbocycles. The summed E-state index contributed by atoms with van der Waals surface area (Å²) in [5.74, 6) is 0.968. The Balaban J connectivity index is 1.41. The Hall–Kier alpha value is -4.49. The summed E-state index contributed by atoms with van der Waals surface area (Å²) in [6.45, 7) is 2.06. The number of thioether (sulfide) groups is 1. The number of benzene rings is 3. The largest absolute Gasteiger partial charge is 0.343 e. The number of hydrogen-bond acceptors (Lipinski definition) is 5. The first kappa shape index (κ1) is 23.9. The van der Waals surface area contributed by atoms with E-state index in [0.717, 1.165) is 44.5 Å². The number of para-hydroxylation sites is 2. The summed E-state index contributed by atoms with van der Waals surface area (Å²) in [7, 11) is 2.02. The Bertz CT molecular complexity index is 1760. The van der Waals surface area contributed by atoms with E-state index < -0.39 is 0 Å². The molecule has 0 N–H and O–H groups in total. The van der Waals surface area contributed by atoms with E-state index in [1.807, 2.05) is 90.5 Å². The lowest BCUT2D eigenvalue weighted by atomic mass is 10.0. The highest BCUT2D eigenvalue weighted by Crippen LogP contribution is 2.35. The number of nitrogens with zero attached hydrogens (tertiary/aromatic N) is 5. The molecule has 0 aliphatic heterocycles. The van der Waals surface area contributed by atoms with Gasteiger partial charge in [-0.3, -0.25) is 14.3 Å². The third kappa shape index (κ3) is 4.21. The zero-order chi connectivity index (χ0) is 26.1. The second-order valence-corrected chi connectivity index (χ2v) is 9.99. The molecule has 7 heteroatoms. The molecule has 0 spiro atoms. The molecular weight excluding hydrogens is 490 g/mol. The Morgan fingerprint density at radius 1 is 0.842 bits per heavy atom. The molecule has 0 fully saturated rings. The second-order valence-electron chi connectivity index (χ2n) is 9.05. The maximum atomic E-state index is 13.9. The van der Waals surface area contributed by atoms with E-state index in [1.54, 1.807) is 12.4 Å². The normalized spacial score (nSPS) is 11.2. The molecule has 0 atom stereocenters. The fourth-order valence-electron chi connectivity index (χ4n) is 4.89. The van der Waals surface area contributed by atoms with Crippen LogP contribution in [0.1, 0.15) is 15.9 Å². The Morgan fingerprint density at radius 3 is 2.37 bits per heavy atom. The number of pyridine rings is 1. The lowest BCUT2D eigenvalue weighted by molar-refractivity contribution is 0.102. The van der Waals surface area contributed by atoms with Crippen LogP contribution in [0.2, 0.25) is 0 Å². The van der Waals surface area contributed by atoms with Crippen LogP contribution < -0.4 is 0 Å². The van der Waals surface area contributed by atoms with E-state index in [0.29, 0.717) is 11.0 Å². The first-order chi connectivity index (χ1) is 18.6. The summed E-state index contributed by atoms with van der Waals surface area (Å²) in [5, 5.41) is 10.6. The van der Waals surface area contributed by atoms with E-state index >= 15 is 0 Å². The number of aromatic nitrogens is 5. The van der Waals surface area contributed by atoms with E-state index in [-0.39, 0.29) is 11.5 Å². The van der Waals surface area contributed by atoms with Crippen LogP contribution in [0.15, 0.2) is 109 Å². The lowest BCUT2D eigenvalue weighted by Gasteiger charge is -2.13. The quantitative estimate of drug-likeness (QED) is 0.173. The molecule has 0 unspecified atom stereocenters. The third-order valence-electron chi connectivity index (χ3n) is 6.67. The number of hydrogen-bond donors (Lipinski definition) is 0. The fraction of sp³-hybridized carbons (Fsp3) is 0.0968. The zero-order valence-electron chi connectivity index (χ0n) is 21.1. The van der Waals surface area contributed by atoms with Crippen molar-refractivity contribution in [2.45, 2.75) is 12.1 Å². The zero-order valence-corrected chi connectivity index (χ0v) is 21.9. The van der Waals surface area contributed by atoms with Crippen LogP contribution in [0, 0.1) is 6.92 Å². The van der Waals surface area contributed by atoms with Crippen molar-refractivity contribution in [1.82, 2.24) is 24.3 Å². The van der Waals surface area contributed by atoms with Crippen molar-refractivity contribution in [3.8, 4) is 28.3 Å². The summed E-state index contributed by atoms with van der Waals surface area (Å²) >= 11 is 1.40. The van der Waals surface area contributed by atoms with E-state index in [2.05, 4.69) is 38.8 Å². The first-order valence-electron chi connectivity index (χ1n) is 12.3. The van der Waals surface area contributed by atoms with Gasteiger partial charge in [0, 0.05) is 35.9 Å². The maximum absolute atomic E-state index is 13.9. The molecule has 186 valence electrons. The fourth-order valence-corrected chi connectivity index (χ4v) is 5.71. The van der Waals surface area contributed by atoms with Gasteiger partial charge in [-0.05, 0) is 42.3 Å². The monoisotopic (exact) mass is 515 g/mol. The molecule has 6 nitrogen and oxygen atoms in total. The van der Waals surface area contributed by atoms with Gasteiger partial charge in [0.05, 0.1) is 22.7 Å². The van der Waals surface area contributed by atoms with Gasteiger partial charge in [-0.15, -0.1) is 10.2 Å². The molecule has 0 aliphatic carbocycles. The van der Waals surface area contributed by atoms with Gasteiger partial charge in [0.15, 0.2) is 16.8 Å². The van der Waals surface area contributed by atoms with Gasteiger partial charge in [0.2, 0.25) is 0 Å². The van der Waals surface area contributed by atoms with E-state index in [1.165, 1.54) is 11.8 Å². The molecule has 6 rings (SSSR count). The number of carbonyl (C=O) groups is 1. The van der Waals surface area contributed by atoms with Gasteiger partial charge in [0.1, 0.15) is 0 Å². The van der Waals surface area contributed by atoms with Crippen LogP contribution >= 0.6 is 11.8 Å². The van der Waals surface area contributed by atoms with Crippen molar-refractivity contribution >= 4 is 28.4 Å². The minimum atomic E-state index is 0.0490. The molecule has 0 saturated carbocycles. The van der Waals surface area contributed by atoms with Crippen LogP contribution in [0.5, 0.6) is 0 Å². The molecule has 0 bridgehead atoms. The van der Waals surface area contributed by atoms with Crippen LogP contribution in [-0.2, 0) is 7.05 Å². The smallest absolute Gasteiger partial charge is 0.196 e. The van der Waals surface area contributed by atoms with Crippen molar-refractivity contribution in [2.24, 2.45) is 7.05 Å². The Labute approximate surface area is 225 Å². The van der Waals surface area contributed by atoms with Gasteiger partial charge in [-0.1, -0.05) is 78.5 Å². The summed E-state index contributed by atoms with van der Waals surface area (Å²) in [5.41, 5.74) is 6.63. The molecule has 0 saturated heterocycles. The highest BCUT2D eigenvalue weighted by molar-refractivity contribution is 7.99. The molecule has 3 heterocycles. The average Bonchev–Trinajstić information content (AvgIpc) is 3.52. The molecule has 0 amide bonds. The van der Waals surface area contributed by atoms with Gasteiger partial charge < -0.3 is 4.57 Å². The van der Waals surface area contributed by atoms with E-state index in [9.17, 15) is 4.79 Å². The van der Waals surface area contributed by atoms with Crippen molar-refractivity contribution in [3.05, 3.63) is 115 Å². The number of carbonyl (C=O) groups excluding carboxylic acids is 1. The SMILES string of the molecule is Cc1ccccc1-n1c(SCC(=O)c2c(-c3ccccc3)n(C)c3ccccc23)nnc1-c1cccnc1. The Kier molecular flexibility index (Phi) is 6.35. The van der Waals surface area contributed by atoms with Crippen LogP contribution in [0.3, 0.4) is 0 Å². The van der Waals surface area contributed by atoms with Crippen molar-refractivity contribution < 1.29 is 4.79 Å². The number of fused-ring (bicyclic) bond motifs is 1.